The monoisotopic (exact) mass is 347 g/mol. The summed E-state index contributed by atoms with van der Waals surface area (Å²) in [5.74, 6) is -0.494. The number of amides is 1. The lowest BCUT2D eigenvalue weighted by atomic mass is 10.1. The summed E-state index contributed by atoms with van der Waals surface area (Å²) in [4.78, 5) is 20.5. The van der Waals surface area contributed by atoms with Crippen molar-refractivity contribution in [2.75, 3.05) is 5.32 Å². The van der Waals surface area contributed by atoms with E-state index in [-0.39, 0.29) is 5.56 Å². The predicted molar refractivity (Wildman–Crippen MR) is 94.0 cm³/mol. The van der Waals surface area contributed by atoms with E-state index in [1.54, 1.807) is 48.9 Å². The van der Waals surface area contributed by atoms with Crippen molar-refractivity contribution in [1.29, 1.82) is 5.26 Å². The van der Waals surface area contributed by atoms with Crippen LogP contribution in [0, 0.1) is 17.1 Å². The van der Waals surface area contributed by atoms with E-state index in [4.69, 9.17) is 0 Å². The van der Waals surface area contributed by atoms with Gasteiger partial charge in [-0.2, -0.15) is 5.26 Å². The van der Waals surface area contributed by atoms with E-state index < -0.39 is 17.8 Å². The van der Waals surface area contributed by atoms with Gasteiger partial charge in [0.15, 0.2) is 0 Å². The Bertz CT molecular complexity index is 955. The van der Waals surface area contributed by atoms with Gasteiger partial charge in [0.1, 0.15) is 17.7 Å². The molecule has 1 amide bonds. The Kier molecular flexibility index (Phi) is 5.15. The molecule has 0 unspecified atom stereocenters. The van der Waals surface area contributed by atoms with Crippen molar-refractivity contribution in [2.24, 2.45) is 0 Å². The SMILES string of the molecule is N#C[C@@H](NC(=O)c1cccc(Nc2cnccn2)c1)c1ccccc1F. The van der Waals surface area contributed by atoms with Gasteiger partial charge in [0.25, 0.3) is 5.91 Å². The molecular weight excluding hydrogens is 333 g/mol. The number of hydrogen-bond acceptors (Lipinski definition) is 5. The summed E-state index contributed by atoms with van der Waals surface area (Å²) in [6, 6.07) is 13.4. The van der Waals surface area contributed by atoms with Crippen molar-refractivity contribution >= 4 is 17.4 Å². The molecule has 2 N–H and O–H groups in total. The summed E-state index contributed by atoms with van der Waals surface area (Å²) in [5, 5.41) is 14.9. The summed E-state index contributed by atoms with van der Waals surface area (Å²) in [6.45, 7) is 0. The summed E-state index contributed by atoms with van der Waals surface area (Å²) in [6.07, 6.45) is 4.65. The Morgan fingerprint density at radius 2 is 2.00 bits per heavy atom. The number of carbonyl (C=O) groups excluding carboxylic acids is 1. The summed E-state index contributed by atoms with van der Waals surface area (Å²) >= 11 is 0. The van der Waals surface area contributed by atoms with Crippen molar-refractivity contribution in [3.8, 4) is 6.07 Å². The van der Waals surface area contributed by atoms with Crippen LogP contribution in [0.1, 0.15) is 22.0 Å². The fourth-order valence-corrected chi connectivity index (χ4v) is 2.35. The molecule has 0 spiro atoms. The third kappa shape index (κ3) is 3.99. The Labute approximate surface area is 149 Å². The molecule has 0 aliphatic rings. The largest absolute Gasteiger partial charge is 0.339 e. The van der Waals surface area contributed by atoms with Gasteiger partial charge in [0.05, 0.1) is 12.3 Å². The molecule has 0 aliphatic carbocycles. The van der Waals surface area contributed by atoms with E-state index in [0.717, 1.165) is 0 Å². The Balaban J connectivity index is 1.76. The molecule has 7 heteroatoms. The highest BCUT2D eigenvalue weighted by Crippen LogP contribution is 2.19. The number of nitrogens with one attached hydrogen (secondary N) is 2. The van der Waals surface area contributed by atoms with Crippen LogP contribution in [0.5, 0.6) is 0 Å². The molecule has 26 heavy (non-hydrogen) atoms. The molecule has 0 aliphatic heterocycles. The van der Waals surface area contributed by atoms with Crippen molar-refractivity contribution in [3.05, 3.63) is 84.1 Å². The summed E-state index contributed by atoms with van der Waals surface area (Å²) in [5.41, 5.74) is 1.09. The predicted octanol–water partition coefficient (Wildman–Crippen LogP) is 3.35. The lowest BCUT2D eigenvalue weighted by Gasteiger charge is -2.13. The average molecular weight is 347 g/mol. The molecule has 3 rings (SSSR count). The van der Waals surface area contributed by atoms with E-state index >= 15 is 0 Å². The van der Waals surface area contributed by atoms with Crippen LogP contribution in [0.15, 0.2) is 67.1 Å². The lowest BCUT2D eigenvalue weighted by molar-refractivity contribution is 0.0945. The minimum atomic E-state index is -1.08. The van der Waals surface area contributed by atoms with Gasteiger partial charge < -0.3 is 10.6 Å². The maximum absolute atomic E-state index is 13.9. The second-order valence-corrected chi connectivity index (χ2v) is 5.35. The lowest BCUT2D eigenvalue weighted by Crippen LogP contribution is -2.28. The fourth-order valence-electron chi connectivity index (χ4n) is 2.35. The normalized spacial score (nSPS) is 11.2. The highest BCUT2D eigenvalue weighted by molar-refractivity contribution is 5.95. The zero-order valence-electron chi connectivity index (χ0n) is 13.6. The standard InChI is InChI=1S/C19H14FN5O/c20-16-7-2-1-6-15(16)17(11-21)25-19(26)13-4-3-5-14(10-13)24-18-12-22-8-9-23-18/h1-10,12,17H,(H,23,24)(H,25,26)/t17-/m1/s1. The number of carbonyl (C=O) groups is 1. The van der Waals surface area contributed by atoms with E-state index in [1.807, 2.05) is 6.07 Å². The zero-order valence-corrected chi connectivity index (χ0v) is 13.6. The van der Waals surface area contributed by atoms with Gasteiger partial charge in [0.2, 0.25) is 0 Å². The van der Waals surface area contributed by atoms with Crippen LogP contribution in [-0.4, -0.2) is 15.9 Å². The zero-order chi connectivity index (χ0) is 18.4. The first kappa shape index (κ1) is 17.0. The third-order valence-electron chi connectivity index (χ3n) is 3.58. The van der Waals surface area contributed by atoms with E-state index in [9.17, 15) is 14.4 Å². The van der Waals surface area contributed by atoms with Crippen LogP contribution in [0.2, 0.25) is 0 Å². The first-order chi connectivity index (χ1) is 12.7. The van der Waals surface area contributed by atoms with Gasteiger partial charge in [-0.1, -0.05) is 24.3 Å². The maximum Gasteiger partial charge on any atom is 0.252 e. The molecule has 1 atom stereocenters. The van der Waals surface area contributed by atoms with Crippen LogP contribution in [0.3, 0.4) is 0 Å². The molecule has 6 nitrogen and oxygen atoms in total. The number of nitrogens with zero attached hydrogens (tertiary/aromatic N) is 3. The number of nitriles is 1. The Hall–Kier alpha value is -3.79. The molecule has 1 aromatic heterocycles. The smallest absolute Gasteiger partial charge is 0.252 e. The van der Waals surface area contributed by atoms with Crippen molar-refractivity contribution < 1.29 is 9.18 Å². The van der Waals surface area contributed by atoms with Crippen LogP contribution in [0.4, 0.5) is 15.9 Å². The summed E-state index contributed by atoms with van der Waals surface area (Å²) in [7, 11) is 0. The molecular formula is C19H14FN5O. The molecule has 3 aromatic rings. The van der Waals surface area contributed by atoms with Crippen LogP contribution in [0.25, 0.3) is 0 Å². The minimum Gasteiger partial charge on any atom is -0.339 e. The highest BCUT2D eigenvalue weighted by Gasteiger charge is 2.18. The van der Waals surface area contributed by atoms with E-state index in [2.05, 4.69) is 20.6 Å². The van der Waals surface area contributed by atoms with Crippen LogP contribution >= 0.6 is 0 Å². The van der Waals surface area contributed by atoms with Crippen LogP contribution in [-0.2, 0) is 0 Å². The molecule has 1 heterocycles. The van der Waals surface area contributed by atoms with Gasteiger partial charge in [-0.25, -0.2) is 9.37 Å². The van der Waals surface area contributed by atoms with Crippen LogP contribution < -0.4 is 10.6 Å². The Morgan fingerprint density at radius 3 is 2.73 bits per heavy atom. The third-order valence-corrected chi connectivity index (χ3v) is 3.58. The van der Waals surface area contributed by atoms with Crippen molar-refractivity contribution in [3.63, 3.8) is 0 Å². The van der Waals surface area contributed by atoms with Gasteiger partial charge >= 0.3 is 0 Å². The topological polar surface area (TPSA) is 90.7 Å². The average Bonchev–Trinajstić information content (AvgIpc) is 2.67. The number of hydrogen-bond donors (Lipinski definition) is 2. The molecule has 2 aromatic carbocycles. The number of aromatic nitrogens is 2. The van der Waals surface area contributed by atoms with Crippen molar-refractivity contribution in [2.45, 2.75) is 6.04 Å². The highest BCUT2D eigenvalue weighted by atomic mass is 19.1. The van der Waals surface area contributed by atoms with Gasteiger partial charge in [-0.05, 0) is 24.3 Å². The number of benzene rings is 2. The van der Waals surface area contributed by atoms with E-state index in [1.165, 1.54) is 18.2 Å². The van der Waals surface area contributed by atoms with Gasteiger partial charge in [-0.15, -0.1) is 0 Å². The maximum atomic E-state index is 13.9. The number of halogens is 1. The number of anilines is 2. The quantitative estimate of drug-likeness (QED) is 0.738. The second-order valence-electron chi connectivity index (χ2n) is 5.35. The fraction of sp³-hybridized carbons (Fsp3) is 0.0526. The van der Waals surface area contributed by atoms with Crippen molar-refractivity contribution in [1.82, 2.24) is 15.3 Å². The molecule has 0 radical (unpaired) electrons. The first-order valence-corrected chi connectivity index (χ1v) is 7.75. The molecule has 0 fully saturated rings. The molecule has 128 valence electrons. The molecule has 0 saturated carbocycles. The molecule has 0 bridgehead atoms. The van der Waals surface area contributed by atoms with Gasteiger partial charge in [0, 0.05) is 29.2 Å². The Morgan fingerprint density at radius 1 is 1.15 bits per heavy atom. The summed E-state index contributed by atoms with van der Waals surface area (Å²) < 4.78 is 13.9. The second kappa shape index (κ2) is 7.85. The first-order valence-electron chi connectivity index (χ1n) is 7.75. The number of rotatable bonds is 5. The van der Waals surface area contributed by atoms with E-state index in [0.29, 0.717) is 17.1 Å². The van der Waals surface area contributed by atoms with Gasteiger partial charge in [-0.3, -0.25) is 9.78 Å². The molecule has 0 saturated heterocycles. The minimum absolute atomic E-state index is 0.122.